The Morgan fingerprint density at radius 2 is 2.00 bits per heavy atom. The van der Waals surface area contributed by atoms with E-state index in [1.54, 1.807) is 29.2 Å². The third-order valence-electron chi connectivity index (χ3n) is 3.53. The number of nitrogens with zero attached hydrogens (tertiary/aromatic N) is 1. The van der Waals surface area contributed by atoms with Crippen LogP contribution in [0.25, 0.3) is 0 Å². The summed E-state index contributed by atoms with van der Waals surface area (Å²) in [6.07, 6.45) is 0.317. The van der Waals surface area contributed by atoms with E-state index in [-0.39, 0.29) is 24.7 Å². The number of carbonyl (C=O) groups is 2. The lowest BCUT2D eigenvalue weighted by molar-refractivity contribution is -0.136. The van der Waals surface area contributed by atoms with Gasteiger partial charge < -0.3 is 19.5 Å². The van der Waals surface area contributed by atoms with Crippen LogP contribution < -0.4 is 4.74 Å². The van der Waals surface area contributed by atoms with Crippen molar-refractivity contribution in [1.29, 1.82) is 0 Å². The average molecular weight is 293 g/mol. The molecule has 0 radical (unpaired) electrons. The van der Waals surface area contributed by atoms with Crippen molar-refractivity contribution >= 4 is 12.1 Å². The fourth-order valence-electron chi connectivity index (χ4n) is 2.49. The number of hydrogen-bond donors (Lipinski definition) is 1. The van der Waals surface area contributed by atoms with Crippen LogP contribution >= 0.6 is 0 Å². The van der Waals surface area contributed by atoms with Gasteiger partial charge in [0.1, 0.15) is 11.9 Å². The van der Waals surface area contributed by atoms with Gasteiger partial charge in [-0.3, -0.25) is 4.79 Å². The quantitative estimate of drug-likeness (QED) is 0.918. The summed E-state index contributed by atoms with van der Waals surface area (Å²) in [6.45, 7) is 2.45. The second-order valence-electron chi connectivity index (χ2n) is 5.16. The van der Waals surface area contributed by atoms with Crippen molar-refractivity contribution in [2.24, 2.45) is 0 Å². The molecule has 0 aromatic heterocycles. The number of amides is 1. The van der Waals surface area contributed by atoms with Crippen molar-refractivity contribution in [2.45, 2.75) is 31.9 Å². The van der Waals surface area contributed by atoms with Crippen molar-refractivity contribution in [3.05, 3.63) is 29.8 Å². The molecule has 1 aromatic rings. The SMILES string of the molecule is COC(=O)N1C[C@@H](Oc2ccc(CC(=O)O)cc2)C[C@H]1C. The molecular weight excluding hydrogens is 274 g/mol. The highest BCUT2D eigenvalue weighted by Crippen LogP contribution is 2.23. The van der Waals surface area contributed by atoms with Crippen molar-refractivity contribution in [3.63, 3.8) is 0 Å². The van der Waals surface area contributed by atoms with Crippen LogP contribution in [-0.2, 0) is 16.0 Å². The zero-order valence-electron chi connectivity index (χ0n) is 12.1. The van der Waals surface area contributed by atoms with Gasteiger partial charge in [0.05, 0.1) is 20.1 Å². The maximum Gasteiger partial charge on any atom is 0.409 e. The molecule has 0 bridgehead atoms. The summed E-state index contributed by atoms with van der Waals surface area (Å²) < 4.78 is 10.6. The number of ether oxygens (including phenoxy) is 2. The van der Waals surface area contributed by atoms with Gasteiger partial charge in [0.2, 0.25) is 0 Å². The Kier molecular flexibility index (Phi) is 4.67. The molecule has 1 fully saturated rings. The lowest BCUT2D eigenvalue weighted by atomic mass is 10.1. The predicted molar refractivity (Wildman–Crippen MR) is 75.4 cm³/mol. The molecule has 2 rings (SSSR count). The molecule has 0 aliphatic carbocycles. The van der Waals surface area contributed by atoms with Crippen molar-refractivity contribution in [2.75, 3.05) is 13.7 Å². The number of benzene rings is 1. The van der Waals surface area contributed by atoms with Crippen LogP contribution in [0.4, 0.5) is 4.79 Å². The summed E-state index contributed by atoms with van der Waals surface area (Å²) in [7, 11) is 1.37. The average Bonchev–Trinajstić information content (AvgIpc) is 2.80. The van der Waals surface area contributed by atoms with Crippen LogP contribution in [0.15, 0.2) is 24.3 Å². The number of hydrogen-bond acceptors (Lipinski definition) is 4. The van der Waals surface area contributed by atoms with Crippen LogP contribution in [0.2, 0.25) is 0 Å². The van der Waals surface area contributed by atoms with Crippen LogP contribution in [-0.4, -0.2) is 47.9 Å². The summed E-state index contributed by atoms with van der Waals surface area (Å²) in [5.74, 6) is -0.185. The van der Waals surface area contributed by atoms with E-state index >= 15 is 0 Å². The number of methoxy groups -OCH3 is 1. The molecule has 1 aromatic carbocycles. The van der Waals surface area contributed by atoms with Crippen LogP contribution in [0.3, 0.4) is 0 Å². The third-order valence-corrected chi connectivity index (χ3v) is 3.53. The number of aliphatic carboxylic acids is 1. The van der Waals surface area contributed by atoms with E-state index in [0.717, 1.165) is 12.0 Å². The molecule has 1 N–H and O–H groups in total. The number of carboxylic acid groups (broad SMARTS) is 1. The third kappa shape index (κ3) is 3.87. The lowest BCUT2D eigenvalue weighted by Crippen LogP contribution is -2.34. The van der Waals surface area contributed by atoms with Gasteiger partial charge in [-0.05, 0) is 24.6 Å². The molecule has 2 atom stereocenters. The Hall–Kier alpha value is -2.24. The van der Waals surface area contributed by atoms with Gasteiger partial charge in [-0.25, -0.2) is 4.79 Å². The molecule has 1 aliphatic rings. The normalized spacial score (nSPS) is 21.1. The van der Waals surface area contributed by atoms with E-state index in [1.807, 2.05) is 6.92 Å². The highest BCUT2D eigenvalue weighted by Gasteiger charge is 2.34. The van der Waals surface area contributed by atoms with Crippen LogP contribution in [0, 0.1) is 0 Å². The maximum absolute atomic E-state index is 11.6. The zero-order valence-corrected chi connectivity index (χ0v) is 12.1. The van der Waals surface area contributed by atoms with E-state index in [1.165, 1.54) is 7.11 Å². The summed E-state index contributed by atoms with van der Waals surface area (Å²) in [6, 6.07) is 7.06. The lowest BCUT2D eigenvalue weighted by Gasteiger charge is -2.19. The van der Waals surface area contributed by atoms with Gasteiger partial charge in [0.25, 0.3) is 0 Å². The standard InChI is InChI=1S/C15H19NO5/c1-10-7-13(9-16(10)15(19)20-2)21-12-5-3-11(4-6-12)8-14(17)18/h3-6,10,13H,7-9H2,1-2H3,(H,17,18)/t10-,13+/m1/s1. The molecule has 1 amide bonds. The van der Waals surface area contributed by atoms with Crippen LogP contribution in [0.1, 0.15) is 18.9 Å². The van der Waals surface area contributed by atoms with E-state index in [0.29, 0.717) is 12.3 Å². The van der Waals surface area contributed by atoms with Gasteiger partial charge in [0, 0.05) is 12.5 Å². The van der Waals surface area contributed by atoms with Gasteiger partial charge in [-0.15, -0.1) is 0 Å². The highest BCUT2D eigenvalue weighted by molar-refractivity contribution is 5.70. The van der Waals surface area contributed by atoms with Crippen molar-refractivity contribution < 1.29 is 24.2 Å². The van der Waals surface area contributed by atoms with E-state index < -0.39 is 5.97 Å². The van der Waals surface area contributed by atoms with Gasteiger partial charge in [-0.2, -0.15) is 0 Å². The largest absolute Gasteiger partial charge is 0.489 e. The van der Waals surface area contributed by atoms with Crippen molar-refractivity contribution in [1.82, 2.24) is 4.90 Å². The fraction of sp³-hybridized carbons (Fsp3) is 0.467. The van der Waals surface area contributed by atoms with E-state index in [9.17, 15) is 9.59 Å². The van der Waals surface area contributed by atoms with E-state index in [4.69, 9.17) is 14.6 Å². The van der Waals surface area contributed by atoms with Gasteiger partial charge >= 0.3 is 12.1 Å². The van der Waals surface area contributed by atoms with Gasteiger partial charge in [-0.1, -0.05) is 12.1 Å². The summed E-state index contributed by atoms with van der Waals surface area (Å²) in [4.78, 5) is 23.8. The second-order valence-corrected chi connectivity index (χ2v) is 5.16. The second kappa shape index (κ2) is 6.47. The minimum Gasteiger partial charge on any atom is -0.489 e. The summed E-state index contributed by atoms with van der Waals surface area (Å²) in [5, 5.41) is 8.72. The first-order valence-electron chi connectivity index (χ1n) is 6.81. The Balaban J connectivity index is 1.93. The number of likely N-dealkylation sites (tertiary alicyclic amines) is 1. The molecular formula is C15H19NO5. The first-order chi connectivity index (χ1) is 9.99. The summed E-state index contributed by atoms with van der Waals surface area (Å²) in [5.41, 5.74) is 0.728. The number of rotatable bonds is 4. The maximum atomic E-state index is 11.6. The Labute approximate surface area is 123 Å². The molecule has 21 heavy (non-hydrogen) atoms. The topological polar surface area (TPSA) is 76.1 Å². The number of carboxylic acids is 1. The molecule has 0 spiro atoms. The van der Waals surface area contributed by atoms with E-state index in [2.05, 4.69) is 0 Å². The van der Waals surface area contributed by atoms with Crippen LogP contribution in [0.5, 0.6) is 5.75 Å². The first-order valence-corrected chi connectivity index (χ1v) is 6.81. The molecule has 0 saturated carbocycles. The molecule has 114 valence electrons. The molecule has 6 heteroatoms. The smallest absolute Gasteiger partial charge is 0.409 e. The van der Waals surface area contributed by atoms with Gasteiger partial charge in [0.15, 0.2) is 0 Å². The summed E-state index contributed by atoms with van der Waals surface area (Å²) >= 11 is 0. The Bertz CT molecular complexity index is 513. The fourth-order valence-corrected chi connectivity index (χ4v) is 2.49. The molecule has 0 unspecified atom stereocenters. The highest BCUT2D eigenvalue weighted by atomic mass is 16.5. The molecule has 6 nitrogen and oxygen atoms in total. The van der Waals surface area contributed by atoms with Crippen molar-refractivity contribution in [3.8, 4) is 5.75 Å². The Morgan fingerprint density at radius 3 is 2.57 bits per heavy atom. The zero-order chi connectivity index (χ0) is 15.4. The minimum atomic E-state index is -0.859. The minimum absolute atomic E-state index is 0.00311. The predicted octanol–water partition coefficient (Wildman–Crippen LogP) is 1.92. The molecule has 1 heterocycles. The molecule has 1 saturated heterocycles. The first kappa shape index (κ1) is 15.2. The number of carbonyl (C=O) groups excluding carboxylic acids is 1. The molecule has 1 aliphatic heterocycles. The monoisotopic (exact) mass is 293 g/mol. The Morgan fingerprint density at radius 1 is 1.33 bits per heavy atom.